The molecule has 1 amide bonds. The second kappa shape index (κ2) is 8.04. The Kier molecular flexibility index (Phi) is 5.77. The number of fused-ring (bicyclic) bond motifs is 1. The lowest BCUT2D eigenvalue weighted by atomic mass is 10.0. The maximum absolute atomic E-state index is 13.1. The number of rotatable bonds is 5. The number of amides is 1. The van der Waals surface area contributed by atoms with Gasteiger partial charge in [-0.1, -0.05) is 26.0 Å². The Balaban J connectivity index is 1.91. The van der Waals surface area contributed by atoms with Gasteiger partial charge in [0.05, 0.1) is 6.04 Å². The summed E-state index contributed by atoms with van der Waals surface area (Å²) >= 11 is 5.85. The molecule has 2 aromatic rings. The standard InChI is InChI=1S/C20H22ClFN2O2/c1-13(2)7-17-12-26-20-18(24(17)19(25)10-21)9-15(11-23-20)8-14-3-5-16(22)6-4-14/h3-6,9,11,13,17H,7-8,10,12H2,1-2H3/t17-/m0/s1. The van der Waals surface area contributed by atoms with Crippen LogP contribution in [0, 0.1) is 11.7 Å². The van der Waals surface area contributed by atoms with Crippen LogP contribution in [0.1, 0.15) is 31.4 Å². The minimum atomic E-state index is -0.263. The van der Waals surface area contributed by atoms with E-state index in [1.165, 1.54) is 12.1 Å². The van der Waals surface area contributed by atoms with Gasteiger partial charge >= 0.3 is 0 Å². The molecule has 0 N–H and O–H groups in total. The minimum Gasteiger partial charge on any atom is -0.474 e. The highest BCUT2D eigenvalue weighted by molar-refractivity contribution is 6.29. The van der Waals surface area contributed by atoms with Gasteiger partial charge in [-0.15, -0.1) is 11.6 Å². The Morgan fingerprint density at radius 1 is 1.35 bits per heavy atom. The van der Waals surface area contributed by atoms with Crippen LogP contribution in [0.25, 0.3) is 0 Å². The van der Waals surface area contributed by atoms with Crippen LogP contribution in [0.15, 0.2) is 36.5 Å². The minimum absolute atomic E-state index is 0.0587. The van der Waals surface area contributed by atoms with Crippen LogP contribution in [0.3, 0.4) is 0 Å². The third kappa shape index (κ3) is 4.15. The van der Waals surface area contributed by atoms with Crippen LogP contribution < -0.4 is 9.64 Å². The molecular formula is C20H22ClFN2O2. The average molecular weight is 377 g/mol. The quantitative estimate of drug-likeness (QED) is 0.735. The molecule has 138 valence electrons. The molecule has 0 bridgehead atoms. The summed E-state index contributed by atoms with van der Waals surface area (Å²) in [5.41, 5.74) is 2.56. The van der Waals surface area contributed by atoms with Gasteiger partial charge in [0.1, 0.15) is 24.0 Å². The van der Waals surface area contributed by atoms with E-state index < -0.39 is 0 Å². The van der Waals surface area contributed by atoms with Crippen LogP contribution in [0.2, 0.25) is 0 Å². The van der Waals surface area contributed by atoms with Crippen molar-refractivity contribution in [2.45, 2.75) is 32.7 Å². The van der Waals surface area contributed by atoms with Crippen LogP contribution in [0.5, 0.6) is 5.88 Å². The van der Waals surface area contributed by atoms with Crippen molar-refractivity contribution >= 4 is 23.2 Å². The SMILES string of the molecule is CC(C)C[C@H]1COc2ncc(Cc3ccc(F)cc3)cc2N1C(=O)CCl. The fourth-order valence-electron chi connectivity index (χ4n) is 3.27. The largest absolute Gasteiger partial charge is 0.474 e. The van der Waals surface area contributed by atoms with Gasteiger partial charge in [0.2, 0.25) is 11.8 Å². The van der Waals surface area contributed by atoms with E-state index >= 15 is 0 Å². The molecule has 0 fully saturated rings. The van der Waals surface area contributed by atoms with Gasteiger partial charge in [-0.2, -0.15) is 0 Å². The van der Waals surface area contributed by atoms with E-state index in [9.17, 15) is 9.18 Å². The summed E-state index contributed by atoms with van der Waals surface area (Å²) in [5.74, 6) is 0.372. The van der Waals surface area contributed by atoms with E-state index in [1.807, 2.05) is 6.07 Å². The van der Waals surface area contributed by atoms with Gasteiger partial charge in [0.15, 0.2) is 0 Å². The molecule has 0 saturated heterocycles. The monoisotopic (exact) mass is 376 g/mol. The first kappa shape index (κ1) is 18.6. The maximum Gasteiger partial charge on any atom is 0.242 e. The van der Waals surface area contributed by atoms with Crippen molar-refractivity contribution in [2.75, 3.05) is 17.4 Å². The fraction of sp³-hybridized carbons (Fsp3) is 0.400. The Bertz CT molecular complexity index is 780. The van der Waals surface area contributed by atoms with Crippen molar-refractivity contribution in [3.8, 4) is 5.88 Å². The van der Waals surface area contributed by atoms with Crippen molar-refractivity contribution in [2.24, 2.45) is 5.92 Å². The first-order valence-electron chi connectivity index (χ1n) is 8.72. The smallest absolute Gasteiger partial charge is 0.242 e. The van der Waals surface area contributed by atoms with Gasteiger partial charge in [0.25, 0.3) is 0 Å². The molecule has 4 nitrogen and oxygen atoms in total. The number of anilines is 1. The fourth-order valence-corrected chi connectivity index (χ4v) is 3.40. The lowest BCUT2D eigenvalue weighted by Crippen LogP contribution is -2.48. The first-order valence-corrected chi connectivity index (χ1v) is 9.25. The number of halogens is 2. The summed E-state index contributed by atoms with van der Waals surface area (Å²) in [6, 6.07) is 8.22. The maximum atomic E-state index is 13.1. The summed E-state index contributed by atoms with van der Waals surface area (Å²) in [6.45, 7) is 4.64. The number of pyridine rings is 1. The molecule has 0 spiro atoms. The Morgan fingerprint density at radius 3 is 2.73 bits per heavy atom. The van der Waals surface area contributed by atoms with Gasteiger partial charge in [0, 0.05) is 6.20 Å². The van der Waals surface area contributed by atoms with E-state index in [1.54, 1.807) is 23.2 Å². The van der Waals surface area contributed by atoms with Crippen molar-refractivity contribution in [3.05, 3.63) is 53.5 Å². The van der Waals surface area contributed by atoms with E-state index in [0.29, 0.717) is 30.5 Å². The molecule has 1 aliphatic rings. The highest BCUT2D eigenvalue weighted by atomic mass is 35.5. The van der Waals surface area contributed by atoms with E-state index in [2.05, 4.69) is 18.8 Å². The molecule has 2 heterocycles. The van der Waals surface area contributed by atoms with Crippen molar-refractivity contribution < 1.29 is 13.9 Å². The third-order valence-electron chi connectivity index (χ3n) is 4.37. The zero-order valence-electron chi connectivity index (χ0n) is 14.9. The average Bonchev–Trinajstić information content (AvgIpc) is 2.62. The molecule has 0 unspecified atom stereocenters. The van der Waals surface area contributed by atoms with Crippen LogP contribution in [0.4, 0.5) is 10.1 Å². The topological polar surface area (TPSA) is 42.4 Å². The number of nitrogens with zero attached hydrogens (tertiary/aromatic N) is 2. The lowest BCUT2D eigenvalue weighted by molar-refractivity contribution is -0.117. The van der Waals surface area contributed by atoms with Crippen molar-refractivity contribution in [3.63, 3.8) is 0 Å². The van der Waals surface area contributed by atoms with Gasteiger partial charge in [-0.05, 0) is 48.1 Å². The molecule has 0 radical (unpaired) electrons. The number of benzene rings is 1. The molecule has 1 atom stereocenters. The van der Waals surface area contributed by atoms with Gasteiger partial charge < -0.3 is 4.74 Å². The molecule has 0 saturated carbocycles. The predicted octanol–water partition coefficient (Wildman–Crippen LogP) is 4.19. The summed E-state index contributed by atoms with van der Waals surface area (Å²) in [4.78, 5) is 18.6. The normalized spacial score (nSPS) is 16.3. The molecule has 1 aliphatic heterocycles. The number of aromatic nitrogens is 1. The van der Waals surface area contributed by atoms with E-state index in [-0.39, 0.29) is 23.6 Å². The predicted molar refractivity (Wildman–Crippen MR) is 100 cm³/mol. The van der Waals surface area contributed by atoms with Crippen molar-refractivity contribution in [1.82, 2.24) is 4.98 Å². The van der Waals surface area contributed by atoms with Gasteiger partial charge in [-0.25, -0.2) is 9.37 Å². The molecule has 1 aromatic carbocycles. The number of carbonyl (C=O) groups excluding carboxylic acids is 1. The molecule has 6 heteroatoms. The summed E-state index contributed by atoms with van der Waals surface area (Å²) in [7, 11) is 0. The molecule has 0 aliphatic carbocycles. The number of hydrogen-bond donors (Lipinski definition) is 0. The molecule has 26 heavy (non-hydrogen) atoms. The number of alkyl halides is 1. The lowest BCUT2D eigenvalue weighted by Gasteiger charge is -2.37. The van der Waals surface area contributed by atoms with Crippen LogP contribution in [-0.4, -0.2) is 29.4 Å². The second-order valence-electron chi connectivity index (χ2n) is 6.96. The molecule has 3 rings (SSSR count). The number of ether oxygens (including phenoxy) is 1. The highest BCUT2D eigenvalue weighted by Crippen LogP contribution is 2.35. The summed E-state index contributed by atoms with van der Waals surface area (Å²) in [5, 5.41) is 0. The highest BCUT2D eigenvalue weighted by Gasteiger charge is 2.33. The number of hydrogen-bond acceptors (Lipinski definition) is 3. The zero-order valence-corrected chi connectivity index (χ0v) is 15.7. The first-order chi connectivity index (χ1) is 12.5. The van der Waals surface area contributed by atoms with Crippen LogP contribution >= 0.6 is 11.6 Å². The summed E-state index contributed by atoms with van der Waals surface area (Å²) < 4.78 is 18.9. The van der Waals surface area contributed by atoms with Crippen LogP contribution in [-0.2, 0) is 11.2 Å². The molecular weight excluding hydrogens is 355 g/mol. The Hall–Kier alpha value is -2.14. The molecule has 1 aromatic heterocycles. The van der Waals surface area contributed by atoms with E-state index in [4.69, 9.17) is 16.3 Å². The van der Waals surface area contributed by atoms with E-state index in [0.717, 1.165) is 17.5 Å². The van der Waals surface area contributed by atoms with Gasteiger partial charge in [-0.3, -0.25) is 9.69 Å². The zero-order chi connectivity index (χ0) is 18.7. The van der Waals surface area contributed by atoms with Crippen molar-refractivity contribution in [1.29, 1.82) is 0 Å². The summed E-state index contributed by atoms with van der Waals surface area (Å²) in [6.07, 6.45) is 3.15. The third-order valence-corrected chi connectivity index (χ3v) is 4.60. The Labute approximate surface area is 157 Å². The second-order valence-corrected chi connectivity index (χ2v) is 7.23. The Morgan fingerprint density at radius 2 is 2.08 bits per heavy atom. The number of carbonyl (C=O) groups is 1.